The third-order valence-corrected chi connectivity index (χ3v) is 2.92. The van der Waals surface area contributed by atoms with Crippen LogP contribution in [-0.2, 0) is 7.05 Å². The zero-order chi connectivity index (χ0) is 14.0. The van der Waals surface area contributed by atoms with Crippen LogP contribution in [0.15, 0.2) is 24.5 Å². The molecule has 0 aliphatic rings. The topological polar surface area (TPSA) is 59.8 Å². The van der Waals surface area contributed by atoms with Crippen LogP contribution in [0.25, 0.3) is 0 Å². The van der Waals surface area contributed by atoms with E-state index >= 15 is 0 Å². The summed E-state index contributed by atoms with van der Waals surface area (Å²) in [6.07, 6.45) is 1.55. The molecule has 100 valence electrons. The molecule has 2 aromatic rings. The van der Waals surface area contributed by atoms with Gasteiger partial charge in [-0.3, -0.25) is 4.79 Å². The maximum absolute atomic E-state index is 13.8. The normalized spacial score (nSPS) is 12.2. The molecule has 0 fully saturated rings. The van der Waals surface area contributed by atoms with Crippen LogP contribution < -0.4 is 5.32 Å². The number of nitrogens with zero attached hydrogens (tertiary/aromatic N) is 3. The summed E-state index contributed by atoms with van der Waals surface area (Å²) in [5.74, 6) is -0.344. The zero-order valence-corrected chi connectivity index (χ0v) is 11.0. The summed E-state index contributed by atoms with van der Waals surface area (Å²) in [5, 5.41) is 10.4. The first-order valence-electron chi connectivity index (χ1n) is 5.90. The van der Waals surface area contributed by atoms with Gasteiger partial charge >= 0.3 is 0 Å². The minimum Gasteiger partial charge on any atom is -0.342 e. The molecule has 0 saturated carbocycles. The van der Waals surface area contributed by atoms with Crippen molar-refractivity contribution in [2.75, 3.05) is 0 Å². The fourth-order valence-corrected chi connectivity index (χ4v) is 1.85. The van der Waals surface area contributed by atoms with Crippen LogP contribution >= 0.6 is 0 Å². The molecule has 1 atom stereocenters. The molecule has 1 N–H and O–H groups in total. The molecule has 1 amide bonds. The van der Waals surface area contributed by atoms with Gasteiger partial charge in [-0.05, 0) is 25.5 Å². The van der Waals surface area contributed by atoms with Crippen LogP contribution in [0.5, 0.6) is 0 Å². The predicted octanol–water partition coefficient (Wildman–Crippen LogP) is 1.75. The van der Waals surface area contributed by atoms with Crippen molar-refractivity contribution in [1.82, 2.24) is 20.1 Å². The number of hydrogen-bond acceptors (Lipinski definition) is 3. The van der Waals surface area contributed by atoms with Gasteiger partial charge in [-0.15, -0.1) is 10.2 Å². The summed E-state index contributed by atoms with van der Waals surface area (Å²) in [5.41, 5.74) is 0.480. The number of nitrogens with one attached hydrogen (secondary N) is 1. The van der Waals surface area contributed by atoms with Gasteiger partial charge in [-0.25, -0.2) is 4.39 Å². The molecule has 6 heteroatoms. The van der Waals surface area contributed by atoms with Crippen molar-refractivity contribution in [3.05, 3.63) is 47.3 Å². The molecule has 0 bridgehead atoms. The Morgan fingerprint density at radius 2 is 2.21 bits per heavy atom. The maximum atomic E-state index is 13.8. The molecule has 19 heavy (non-hydrogen) atoms. The largest absolute Gasteiger partial charge is 0.342 e. The highest BCUT2D eigenvalue weighted by Crippen LogP contribution is 2.14. The van der Waals surface area contributed by atoms with Crippen LogP contribution in [0.4, 0.5) is 4.39 Å². The van der Waals surface area contributed by atoms with Crippen LogP contribution in [-0.4, -0.2) is 20.7 Å². The number of rotatable bonds is 3. The van der Waals surface area contributed by atoms with E-state index in [1.807, 2.05) is 0 Å². The van der Waals surface area contributed by atoms with Gasteiger partial charge in [0.05, 0.1) is 11.6 Å². The number of carbonyl (C=O) groups is 1. The highest BCUT2D eigenvalue weighted by atomic mass is 19.1. The van der Waals surface area contributed by atoms with E-state index in [0.717, 1.165) is 0 Å². The Bertz CT molecular complexity index is 608. The Morgan fingerprint density at radius 1 is 1.47 bits per heavy atom. The molecule has 0 saturated heterocycles. The summed E-state index contributed by atoms with van der Waals surface area (Å²) in [6, 6.07) is 4.39. The minimum absolute atomic E-state index is 0.0361. The van der Waals surface area contributed by atoms with Crippen molar-refractivity contribution in [1.29, 1.82) is 0 Å². The molecule has 0 spiro atoms. The Kier molecular flexibility index (Phi) is 3.59. The second-order valence-corrected chi connectivity index (χ2v) is 4.43. The molecule has 1 unspecified atom stereocenters. The summed E-state index contributed by atoms with van der Waals surface area (Å²) in [4.78, 5) is 12.0. The molecule has 1 aromatic heterocycles. The van der Waals surface area contributed by atoms with Gasteiger partial charge in [0.2, 0.25) is 0 Å². The minimum atomic E-state index is -0.495. The van der Waals surface area contributed by atoms with Crippen LogP contribution in [0, 0.1) is 12.7 Å². The fraction of sp³-hybridized carbons (Fsp3) is 0.308. The average molecular weight is 262 g/mol. The van der Waals surface area contributed by atoms with Crippen molar-refractivity contribution >= 4 is 5.91 Å². The number of aromatic nitrogens is 3. The van der Waals surface area contributed by atoms with Crippen LogP contribution in [0.1, 0.15) is 34.7 Å². The van der Waals surface area contributed by atoms with Crippen molar-refractivity contribution in [2.24, 2.45) is 7.05 Å². The molecule has 1 heterocycles. The number of aryl methyl sites for hydroxylation is 2. The van der Waals surface area contributed by atoms with Crippen LogP contribution in [0.3, 0.4) is 0 Å². The molecule has 0 aliphatic heterocycles. The third-order valence-electron chi connectivity index (χ3n) is 2.92. The smallest absolute Gasteiger partial charge is 0.254 e. The molecule has 1 aromatic carbocycles. The first-order chi connectivity index (χ1) is 9.00. The van der Waals surface area contributed by atoms with Gasteiger partial charge in [-0.1, -0.05) is 12.1 Å². The quantitative estimate of drug-likeness (QED) is 0.916. The van der Waals surface area contributed by atoms with Crippen molar-refractivity contribution in [3.8, 4) is 0 Å². The Morgan fingerprint density at radius 3 is 2.84 bits per heavy atom. The van der Waals surface area contributed by atoms with Gasteiger partial charge in [0.1, 0.15) is 12.1 Å². The highest BCUT2D eigenvalue weighted by molar-refractivity contribution is 5.94. The summed E-state index contributed by atoms with van der Waals surface area (Å²) in [7, 11) is 1.78. The standard InChI is InChI=1S/C13H15FN4O/c1-8-5-4-6-10(11(8)14)13(19)16-9(2)12-17-15-7-18(12)3/h4-7,9H,1-3H3,(H,16,19). The molecular weight excluding hydrogens is 247 g/mol. The van der Waals surface area contributed by atoms with E-state index in [9.17, 15) is 9.18 Å². The van der Waals surface area contributed by atoms with Gasteiger partial charge in [-0.2, -0.15) is 0 Å². The van der Waals surface area contributed by atoms with Crippen molar-refractivity contribution in [2.45, 2.75) is 19.9 Å². The van der Waals surface area contributed by atoms with E-state index in [0.29, 0.717) is 11.4 Å². The first kappa shape index (κ1) is 13.2. The second kappa shape index (κ2) is 5.17. The number of halogens is 1. The third kappa shape index (κ3) is 2.62. The molecule has 5 nitrogen and oxygen atoms in total. The lowest BCUT2D eigenvalue weighted by Gasteiger charge is -2.13. The predicted molar refractivity (Wildman–Crippen MR) is 68.0 cm³/mol. The van der Waals surface area contributed by atoms with Crippen LogP contribution in [0.2, 0.25) is 0 Å². The van der Waals surface area contributed by atoms with E-state index in [2.05, 4.69) is 15.5 Å². The number of benzene rings is 1. The Hall–Kier alpha value is -2.24. The molecule has 0 radical (unpaired) electrons. The van der Waals surface area contributed by atoms with Gasteiger partial charge in [0.25, 0.3) is 5.91 Å². The Labute approximate surface area is 110 Å². The summed E-state index contributed by atoms with van der Waals surface area (Å²) < 4.78 is 15.5. The molecule has 0 aliphatic carbocycles. The lowest BCUT2D eigenvalue weighted by molar-refractivity contribution is 0.0933. The Balaban J connectivity index is 2.18. The SMILES string of the molecule is Cc1cccc(C(=O)NC(C)c2nncn2C)c1F. The van der Waals surface area contributed by atoms with Crippen molar-refractivity contribution < 1.29 is 9.18 Å². The number of carbonyl (C=O) groups excluding carboxylic acids is 1. The number of amides is 1. The van der Waals surface area contributed by atoms with Gasteiger partial charge < -0.3 is 9.88 Å². The maximum Gasteiger partial charge on any atom is 0.254 e. The van der Waals surface area contributed by atoms with E-state index in [4.69, 9.17) is 0 Å². The van der Waals surface area contributed by atoms with Gasteiger partial charge in [0.15, 0.2) is 5.82 Å². The van der Waals surface area contributed by atoms with E-state index in [-0.39, 0.29) is 11.6 Å². The van der Waals surface area contributed by atoms with Gasteiger partial charge in [0, 0.05) is 7.05 Å². The number of hydrogen-bond donors (Lipinski definition) is 1. The summed E-state index contributed by atoms with van der Waals surface area (Å²) in [6.45, 7) is 3.40. The lowest BCUT2D eigenvalue weighted by Crippen LogP contribution is -2.29. The molecule has 2 rings (SSSR count). The first-order valence-corrected chi connectivity index (χ1v) is 5.90. The highest BCUT2D eigenvalue weighted by Gasteiger charge is 2.18. The van der Waals surface area contributed by atoms with E-state index in [1.54, 1.807) is 43.9 Å². The van der Waals surface area contributed by atoms with E-state index in [1.165, 1.54) is 6.07 Å². The zero-order valence-electron chi connectivity index (χ0n) is 11.0. The fourth-order valence-electron chi connectivity index (χ4n) is 1.85. The molecular formula is C13H15FN4O. The lowest BCUT2D eigenvalue weighted by atomic mass is 10.1. The monoisotopic (exact) mass is 262 g/mol. The van der Waals surface area contributed by atoms with E-state index < -0.39 is 11.7 Å². The summed E-state index contributed by atoms with van der Waals surface area (Å²) >= 11 is 0. The second-order valence-electron chi connectivity index (χ2n) is 4.43. The van der Waals surface area contributed by atoms with Crippen molar-refractivity contribution in [3.63, 3.8) is 0 Å². The average Bonchev–Trinajstić information content (AvgIpc) is 2.79.